The number of aromatic nitrogens is 1. The Morgan fingerprint density at radius 1 is 1.33 bits per heavy atom. The fourth-order valence-electron chi connectivity index (χ4n) is 3.40. The van der Waals surface area contributed by atoms with Gasteiger partial charge in [-0.15, -0.1) is 0 Å². The summed E-state index contributed by atoms with van der Waals surface area (Å²) in [6.45, 7) is 0.513. The van der Waals surface area contributed by atoms with Gasteiger partial charge in [0.1, 0.15) is 6.04 Å². The number of ether oxygens (including phenoxy) is 1. The first-order chi connectivity index (χ1) is 11.6. The molecule has 130 valence electrons. The van der Waals surface area contributed by atoms with Crippen LogP contribution in [0.3, 0.4) is 0 Å². The zero-order chi connectivity index (χ0) is 17.1. The Balaban J connectivity index is 1.53. The van der Waals surface area contributed by atoms with E-state index in [-0.39, 0.29) is 18.0 Å². The van der Waals surface area contributed by atoms with Crippen LogP contribution in [-0.2, 0) is 16.0 Å². The summed E-state index contributed by atoms with van der Waals surface area (Å²) in [5, 5.41) is 12.3. The molecule has 1 aliphatic carbocycles. The molecule has 2 fully saturated rings. The summed E-state index contributed by atoms with van der Waals surface area (Å²) in [6.07, 6.45) is 5.50. The maximum Gasteiger partial charge on any atom is 0.320 e. The first-order valence-corrected chi connectivity index (χ1v) is 8.37. The van der Waals surface area contributed by atoms with Crippen molar-refractivity contribution in [3.05, 3.63) is 23.9 Å². The Labute approximate surface area is 141 Å². The number of pyridine rings is 1. The molecule has 0 aromatic carbocycles. The normalized spacial score (nSPS) is 23.9. The first-order valence-electron chi connectivity index (χ1n) is 8.37. The van der Waals surface area contributed by atoms with E-state index in [0.717, 1.165) is 18.4 Å². The van der Waals surface area contributed by atoms with Crippen LogP contribution in [0.15, 0.2) is 18.3 Å². The van der Waals surface area contributed by atoms with E-state index in [4.69, 9.17) is 4.74 Å². The minimum Gasteiger partial charge on any atom is -0.481 e. The molecule has 1 aromatic heterocycles. The molecule has 2 heterocycles. The van der Waals surface area contributed by atoms with Gasteiger partial charge in [0.2, 0.25) is 11.8 Å². The van der Waals surface area contributed by atoms with E-state index in [1.54, 1.807) is 13.3 Å². The number of hydrogen-bond acceptors (Lipinski definition) is 5. The number of carboxylic acid groups (broad SMARTS) is 1. The molecular weight excluding hydrogens is 310 g/mol. The van der Waals surface area contributed by atoms with E-state index in [2.05, 4.69) is 10.3 Å². The fraction of sp³-hybridized carbons (Fsp3) is 0.588. The van der Waals surface area contributed by atoms with Gasteiger partial charge in [0, 0.05) is 24.8 Å². The summed E-state index contributed by atoms with van der Waals surface area (Å²) in [6, 6.07) is 3.16. The summed E-state index contributed by atoms with van der Waals surface area (Å²) < 4.78 is 5.08. The Morgan fingerprint density at radius 3 is 2.75 bits per heavy atom. The molecule has 2 atom stereocenters. The number of nitrogens with one attached hydrogen (secondary N) is 1. The monoisotopic (exact) mass is 333 g/mol. The molecule has 1 aromatic rings. The second-order valence-electron chi connectivity index (χ2n) is 6.37. The Morgan fingerprint density at radius 2 is 2.08 bits per heavy atom. The number of aliphatic carboxylic acids is 1. The third-order valence-corrected chi connectivity index (χ3v) is 4.71. The van der Waals surface area contributed by atoms with Gasteiger partial charge in [-0.25, -0.2) is 4.98 Å². The predicted molar refractivity (Wildman–Crippen MR) is 86.8 cm³/mol. The third kappa shape index (κ3) is 3.67. The highest BCUT2D eigenvalue weighted by atomic mass is 16.5. The number of amides is 1. The summed E-state index contributed by atoms with van der Waals surface area (Å²) in [5.41, 5.74) is 1.04. The third-order valence-electron chi connectivity index (χ3n) is 4.71. The molecule has 2 aliphatic rings. The lowest BCUT2D eigenvalue weighted by atomic mass is 10.1. The molecule has 1 aliphatic heterocycles. The van der Waals surface area contributed by atoms with Gasteiger partial charge in [-0.1, -0.05) is 0 Å². The lowest BCUT2D eigenvalue weighted by Gasteiger charge is -2.27. The molecule has 0 spiro atoms. The van der Waals surface area contributed by atoms with Gasteiger partial charge in [0.25, 0.3) is 0 Å². The largest absolute Gasteiger partial charge is 0.481 e. The second-order valence-corrected chi connectivity index (χ2v) is 6.37. The van der Waals surface area contributed by atoms with Crippen LogP contribution in [0.1, 0.15) is 31.2 Å². The lowest BCUT2D eigenvalue weighted by molar-refractivity contribution is -0.143. The molecular formula is C17H23N3O4. The Hall–Kier alpha value is -2.15. The highest BCUT2D eigenvalue weighted by Gasteiger charge is 2.48. The van der Waals surface area contributed by atoms with Crippen molar-refractivity contribution in [1.29, 1.82) is 0 Å². The van der Waals surface area contributed by atoms with Crippen molar-refractivity contribution in [3.8, 4) is 5.88 Å². The SMILES string of the molecule is COc1cc(CCNC(=O)C2CCC(C(=O)O)N2C2CC2)ccn1. The molecule has 1 saturated heterocycles. The Kier molecular flexibility index (Phi) is 4.99. The molecule has 0 bridgehead atoms. The van der Waals surface area contributed by atoms with E-state index in [1.165, 1.54) is 0 Å². The number of carbonyl (C=O) groups excluding carboxylic acids is 1. The number of likely N-dealkylation sites (tertiary alicyclic amines) is 1. The van der Waals surface area contributed by atoms with Crippen LogP contribution in [0.2, 0.25) is 0 Å². The van der Waals surface area contributed by atoms with Crippen molar-refractivity contribution in [1.82, 2.24) is 15.2 Å². The number of rotatable bonds is 7. The Bertz CT molecular complexity index is 618. The van der Waals surface area contributed by atoms with Gasteiger partial charge in [-0.3, -0.25) is 14.5 Å². The summed E-state index contributed by atoms with van der Waals surface area (Å²) in [4.78, 5) is 29.8. The highest BCUT2D eigenvalue weighted by molar-refractivity contribution is 5.84. The van der Waals surface area contributed by atoms with Gasteiger partial charge in [0.15, 0.2) is 0 Å². The maximum atomic E-state index is 12.5. The van der Waals surface area contributed by atoms with Crippen molar-refractivity contribution in [3.63, 3.8) is 0 Å². The van der Waals surface area contributed by atoms with Gasteiger partial charge in [0.05, 0.1) is 13.2 Å². The number of methoxy groups -OCH3 is 1. The van der Waals surface area contributed by atoms with Crippen molar-refractivity contribution >= 4 is 11.9 Å². The van der Waals surface area contributed by atoms with Crippen molar-refractivity contribution < 1.29 is 19.4 Å². The fourth-order valence-corrected chi connectivity index (χ4v) is 3.40. The molecule has 3 rings (SSSR count). The topological polar surface area (TPSA) is 91.8 Å². The smallest absolute Gasteiger partial charge is 0.320 e. The summed E-state index contributed by atoms with van der Waals surface area (Å²) in [7, 11) is 1.57. The zero-order valence-electron chi connectivity index (χ0n) is 13.8. The quantitative estimate of drug-likeness (QED) is 0.768. The molecule has 1 amide bonds. The molecule has 24 heavy (non-hydrogen) atoms. The van der Waals surface area contributed by atoms with Crippen molar-refractivity contribution in [2.45, 2.75) is 50.2 Å². The molecule has 2 unspecified atom stereocenters. The van der Waals surface area contributed by atoms with Crippen LogP contribution in [0.5, 0.6) is 5.88 Å². The average molecular weight is 333 g/mol. The van der Waals surface area contributed by atoms with Crippen LogP contribution < -0.4 is 10.1 Å². The van der Waals surface area contributed by atoms with Crippen molar-refractivity contribution in [2.75, 3.05) is 13.7 Å². The van der Waals surface area contributed by atoms with E-state index in [9.17, 15) is 14.7 Å². The highest BCUT2D eigenvalue weighted by Crippen LogP contribution is 2.37. The number of nitrogens with zero attached hydrogens (tertiary/aromatic N) is 2. The van der Waals surface area contributed by atoms with E-state index < -0.39 is 12.0 Å². The van der Waals surface area contributed by atoms with Crippen LogP contribution in [0.4, 0.5) is 0 Å². The van der Waals surface area contributed by atoms with Gasteiger partial charge in [-0.2, -0.15) is 0 Å². The van der Waals surface area contributed by atoms with Gasteiger partial charge >= 0.3 is 5.97 Å². The minimum atomic E-state index is -0.818. The van der Waals surface area contributed by atoms with E-state index >= 15 is 0 Å². The van der Waals surface area contributed by atoms with E-state index in [1.807, 2.05) is 17.0 Å². The van der Waals surface area contributed by atoms with Gasteiger partial charge in [-0.05, 0) is 43.7 Å². The number of carbonyl (C=O) groups is 2. The van der Waals surface area contributed by atoms with Crippen LogP contribution in [-0.4, -0.2) is 58.6 Å². The summed E-state index contributed by atoms with van der Waals surface area (Å²) in [5.74, 6) is -0.327. The maximum absolute atomic E-state index is 12.5. The average Bonchev–Trinajstić information content (AvgIpc) is 3.32. The van der Waals surface area contributed by atoms with Crippen LogP contribution in [0.25, 0.3) is 0 Å². The van der Waals surface area contributed by atoms with E-state index in [0.29, 0.717) is 31.7 Å². The van der Waals surface area contributed by atoms with Crippen molar-refractivity contribution in [2.24, 2.45) is 0 Å². The lowest BCUT2D eigenvalue weighted by Crippen LogP contribution is -2.49. The van der Waals surface area contributed by atoms with Gasteiger partial charge < -0.3 is 15.2 Å². The molecule has 7 heteroatoms. The second kappa shape index (κ2) is 7.17. The molecule has 0 radical (unpaired) electrons. The predicted octanol–water partition coefficient (Wildman–Crippen LogP) is 0.829. The molecule has 1 saturated carbocycles. The summed E-state index contributed by atoms with van der Waals surface area (Å²) >= 11 is 0. The number of hydrogen-bond donors (Lipinski definition) is 2. The number of carboxylic acids is 1. The first kappa shape index (κ1) is 16.7. The van der Waals surface area contributed by atoms with Crippen LogP contribution >= 0.6 is 0 Å². The zero-order valence-corrected chi connectivity index (χ0v) is 13.8. The molecule has 7 nitrogen and oxygen atoms in total. The molecule has 2 N–H and O–H groups in total. The minimum absolute atomic E-state index is 0.0633. The standard InChI is InChI=1S/C17H23N3O4/c1-24-15-10-11(6-8-18-15)7-9-19-16(21)13-4-5-14(17(22)23)20(13)12-2-3-12/h6,8,10,12-14H,2-5,7,9H2,1H3,(H,19,21)(H,22,23). The van der Waals surface area contributed by atoms with Crippen LogP contribution in [0, 0.1) is 0 Å².